The number of ether oxygens (including phenoxy) is 1. The van der Waals surface area contributed by atoms with Crippen molar-refractivity contribution in [1.29, 1.82) is 0 Å². The Bertz CT molecular complexity index is 339. The Morgan fingerprint density at radius 2 is 1.93 bits per heavy atom. The minimum absolute atomic E-state index is 0.0168. The van der Waals surface area contributed by atoms with Crippen molar-refractivity contribution in [3.05, 3.63) is 42.5 Å². The number of hydrogen-bond acceptors (Lipinski definition) is 2. The van der Waals surface area contributed by atoms with Gasteiger partial charge >= 0.3 is 0 Å². The number of rotatable bonds is 5. The van der Waals surface area contributed by atoms with E-state index < -0.39 is 0 Å². The fraction of sp³-hybridized carbons (Fsp3) is 0.308. The van der Waals surface area contributed by atoms with E-state index in [0.717, 1.165) is 5.75 Å². The number of hydrogen-bond donors (Lipinski definition) is 0. The lowest BCUT2D eigenvalue weighted by molar-refractivity contribution is -0.118. The summed E-state index contributed by atoms with van der Waals surface area (Å²) in [7, 11) is 0. The SMILES string of the molecule is C=C(COc1ccccc1)C(=O)C(C)C. The third-order valence-corrected chi connectivity index (χ3v) is 2.03. The molecule has 0 radical (unpaired) electrons. The Morgan fingerprint density at radius 1 is 1.33 bits per heavy atom. The predicted octanol–water partition coefficient (Wildman–Crippen LogP) is 2.85. The van der Waals surface area contributed by atoms with Crippen LogP contribution in [0.5, 0.6) is 5.75 Å². The summed E-state index contributed by atoms with van der Waals surface area (Å²) >= 11 is 0. The van der Waals surface area contributed by atoms with Gasteiger partial charge in [0.25, 0.3) is 0 Å². The van der Waals surface area contributed by atoms with E-state index in [2.05, 4.69) is 6.58 Å². The maximum atomic E-state index is 11.5. The zero-order valence-corrected chi connectivity index (χ0v) is 9.19. The van der Waals surface area contributed by atoms with Crippen LogP contribution in [0.4, 0.5) is 0 Å². The summed E-state index contributed by atoms with van der Waals surface area (Å²) in [6.45, 7) is 7.70. The molecule has 1 aromatic carbocycles. The number of benzene rings is 1. The molecule has 0 aromatic heterocycles. The van der Waals surface area contributed by atoms with E-state index in [4.69, 9.17) is 4.74 Å². The molecule has 2 heteroatoms. The predicted molar refractivity (Wildman–Crippen MR) is 60.9 cm³/mol. The maximum absolute atomic E-state index is 11.5. The molecule has 1 rings (SSSR count). The lowest BCUT2D eigenvalue weighted by Crippen LogP contribution is -2.15. The highest BCUT2D eigenvalue weighted by Crippen LogP contribution is 2.11. The fourth-order valence-electron chi connectivity index (χ4n) is 1.17. The average molecular weight is 204 g/mol. The second-order valence-electron chi connectivity index (χ2n) is 3.72. The molecule has 15 heavy (non-hydrogen) atoms. The molecule has 1 aromatic rings. The highest BCUT2D eigenvalue weighted by molar-refractivity contribution is 5.96. The molecule has 80 valence electrons. The standard InChI is InChI=1S/C13H16O2/c1-10(2)13(14)11(3)9-15-12-7-5-4-6-8-12/h4-8,10H,3,9H2,1-2H3. The number of para-hydroxylation sites is 1. The molecule has 0 saturated carbocycles. The Labute approximate surface area is 90.6 Å². The maximum Gasteiger partial charge on any atom is 0.164 e. The highest BCUT2D eigenvalue weighted by atomic mass is 16.5. The van der Waals surface area contributed by atoms with Crippen molar-refractivity contribution in [2.24, 2.45) is 5.92 Å². The van der Waals surface area contributed by atoms with Crippen LogP contribution in [0.1, 0.15) is 13.8 Å². The average Bonchev–Trinajstić information content (AvgIpc) is 2.26. The van der Waals surface area contributed by atoms with Crippen LogP contribution in [0.2, 0.25) is 0 Å². The van der Waals surface area contributed by atoms with Crippen LogP contribution < -0.4 is 4.74 Å². The largest absolute Gasteiger partial charge is 0.489 e. The van der Waals surface area contributed by atoms with Gasteiger partial charge in [-0.3, -0.25) is 4.79 Å². The third kappa shape index (κ3) is 3.58. The van der Waals surface area contributed by atoms with Crippen molar-refractivity contribution in [3.8, 4) is 5.75 Å². The van der Waals surface area contributed by atoms with Crippen molar-refractivity contribution in [2.75, 3.05) is 6.61 Å². The minimum atomic E-state index is -0.0168. The van der Waals surface area contributed by atoms with Crippen LogP contribution in [0.25, 0.3) is 0 Å². The quantitative estimate of drug-likeness (QED) is 0.689. The molecule has 0 spiro atoms. The van der Waals surface area contributed by atoms with E-state index in [1.54, 1.807) is 0 Å². The van der Waals surface area contributed by atoms with Crippen LogP contribution in [0, 0.1) is 5.92 Å². The van der Waals surface area contributed by atoms with Crippen molar-refractivity contribution in [2.45, 2.75) is 13.8 Å². The molecule has 0 amide bonds. The first kappa shape index (κ1) is 11.5. The van der Waals surface area contributed by atoms with E-state index in [0.29, 0.717) is 5.57 Å². The van der Waals surface area contributed by atoms with Gasteiger partial charge in [0.15, 0.2) is 5.78 Å². The van der Waals surface area contributed by atoms with Gasteiger partial charge in [0.1, 0.15) is 12.4 Å². The molecule has 0 heterocycles. The molecule has 0 saturated heterocycles. The Balaban J connectivity index is 2.45. The van der Waals surface area contributed by atoms with E-state index in [-0.39, 0.29) is 18.3 Å². The number of carbonyl (C=O) groups excluding carboxylic acids is 1. The third-order valence-electron chi connectivity index (χ3n) is 2.03. The lowest BCUT2D eigenvalue weighted by Gasteiger charge is -2.09. The molecule has 0 aliphatic rings. The van der Waals surface area contributed by atoms with Gasteiger partial charge in [-0.2, -0.15) is 0 Å². The molecule has 0 aliphatic carbocycles. The zero-order valence-electron chi connectivity index (χ0n) is 9.19. The highest BCUT2D eigenvalue weighted by Gasteiger charge is 2.11. The Morgan fingerprint density at radius 3 is 2.47 bits per heavy atom. The monoisotopic (exact) mass is 204 g/mol. The summed E-state index contributed by atoms with van der Waals surface area (Å²) < 4.78 is 5.42. The molecular formula is C13H16O2. The van der Waals surface area contributed by atoms with Crippen LogP contribution in [-0.4, -0.2) is 12.4 Å². The number of carbonyl (C=O) groups is 1. The Hall–Kier alpha value is -1.57. The smallest absolute Gasteiger partial charge is 0.164 e. The zero-order chi connectivity index (χ0) is 11.3. The first-order valence-electron chi connectivity index (χ1n) is 5.01. The fourth-order valence-corrected chi connectivity index (χ4v) is 1.17. The molecule has 0 unspecified atom stereocenters. The first-order chi connectivity index (χ1) is 7.11. The van der Waals surface area contributed by atoms with Crippen LogP contribution in [0.3, 0.4) is 0 Å². The molecule has 0 N–H and O–H groups in total. The van der Waals surface area contributed by atoms with E-state index in [1.165, 1.54) is 0 Å². The van der Waals surface area contributed by atoms with Gasteiger partial charge in [0, 0.05) is 11.5 Å². The molecular weight excluding hydrogens is 188 g/mol. The second kappa shape index (κ2) is 5.35. The van der Waals surface area contributed by atoms with Crippen molar-refractivity contribution < 1.29 is 9.53 Å². The normalized spacial score (nSPS) is 10.1. The summed E-state index contributed by atoms with van der Waals surface area (Å²) in [5.74, 6) is 0.804. The molecule has 0 fully saturated rings. The van der Waals surface area contributed by atoms with Gasteiger partial charge in [-0.25, -0.2) is 0 Å². The van der Waals surface area contributed by atoms with Crippen molar-refractivity contribution in [1.82, 2.24) is 0 Å². The van der Waals surface area contributed by atoms with Crippen LogP contribution in [-0.2, 0) is 4.79 Å². The first-order valence-corrected chi connectivity index (χ1v) is 5.01. The second-order valence-corrected chi connectivity index (χ2v) is 3.72. The van der Waals surface area contributed by atoms with Gasteiger partial charge in [0.05, 0.1) is 0 Å². The summed E-state index contributed by atoms with van der Waals surface area (Å²) in [5.41, 5.74) is 0.522. The molecule has 2 nitrogen and oxygen atoms in total. The van der Waals surface area contributed by atoms with Crippen LogP contribution >= 0.6 is 0 Å². The van der Waals surface area contributed by atoms with E-state index >= 15 is 0 Å². The topological polar surface area (TPSA) is 26.3 Å². The van der Waals surface area contributed by atoms with Crippen LogP contribution in [0.15, 0.2) is 42.5 Å². The summed E-state index contributed by atoms with van der Waals surface area (Å²) in [5, 5.41) is 0. The van der Waals surface area contributed by atoms with Gasteiger partial charge in [-0.1, -0.05) is 38.6 Å². The van der Waals surface area contributed by atoms with Gasteiger partial charge in [-0.05, 0) is 12.1 Å². The van der Waals surface area contributed by atoms with Crippen molar-refractivity contribution in [3.63, 3.8) is 0 Å². The Kier molecular flexibility index (Phi) is 4.10. The lowest BCUT2D eigenvalue weighted by atomic mass is 10.0. The summed E-state index contributed by atoms with van der Waals surface area (Å²) in [6, 6.07) is 9.41. The summed E-state index contributed by atoms with van der Waals surface area (Å²) in [4.78, 5) is 11.5. The number of ketones is 1. The van der Waals surface area contributed by atoms with Gasteiger partial charge in [0.2, 0.25) is 0 Å². The minimum Gasteiger partial charge on any atom is -0.489 e. The summed E-state index contributed by atoms with van der Waals surface area (Å²) in [6.07, 6.45) is 0. The van der Waals surface area contributed by atoms with E-state index in [1.807, 2.05) is 44.2 Å². The molecule has 0 aliphatic heterocycles. The van der Waals surface area contributed by atoms with Gasteiger partial charge < -0.3 is 4.74 Å². The molecule has 0 atom stereocenters. The van der Waals surface area contributed by atoms with Crippen molar-refractivity contribution >= 4 is 5.78 Å². The molecule has 0 bridgehead atoms. The van der Waals surface area contributed by atoms with E-state index in [9.17, 15) is 4.79 Å². The van der Waals surface area contributed by atoms with Gasteiger partial charge in [-0.15, -0.1) is 0 Å². The number of Topliss-reactive ketones (excluding diaryl/α,β-unsaturated/α-hetero) is 1.